The molecular formula is C13H14N4S. The van der Waals surface area contributed by atoms with E-state index in [2.05, 4.69) is 9.97 Å². The molecule has 0 spiro atoms. The van der Waals surface area contributed by atoms with Crippen molar-refractivity contribution in [1.82, 2.24) is 9.97 Å². The number of aromatic nitrogens is 2. The van der Waals surface area contributed by atoms with E-state index in [1.165, 1.54) is 6.33 Å². The van der Waals surface area contributed by atoms with Crippen molar-refractivity contribution in [2.75, 3.05) is 0 Å². The van der Waals surface area contributed by atoms with Gasteiger partial charge in [-0.15, -0.1) is 0 Å². The van der Waals surface area contributed by atoms with Gasteiger partial charge in [0.05, 0.1) is 10.9 Å². The van der Waals surface area contributed by atoms with Crippen molar-refractivity contribution >= 4 is 17.6 Å². The topological polar surface area (TPSA) is 75.7 Å². The lowest BCUT2D eigenvalue weighted by atomic mass is 10.1. The molecule has 18 heavy (non-hydrogen) atoms. The van der Waals surface area contributed by atoms with Crippen LogP contribution < -0.4 is 5.73 Å². The van der Waals surface area contributed by atoms with Gasteiger partial charge in [-0.25, -0.2) is 9.97 Å². The van der Waals surface area contributed by atoms with E-state index in [1.807, 2.05) is 36.4 Å². The number of thioether (sulfide) groups is 1. The van der Waals surface area contributed by atoms with Gasteiger partial charge < -0.3 is 5.73 Å². The summed E-state index contributed by atoms with van der Waals surface area (Å²) in [5.74, 6) is 0.186. The molecule has 2 rings (SSSR count). The molecule has 1 atom stereocenters. The quantitative estimate of drug-likeness (QED) is 0.374. The van der Waals surface area contributed by atoms with Crippen LogP contribution in [0.2, 0.25) is 0 Å². The normalized spacial score (nSPS) is 12.0. The van der Waals surface area contributed by atoms with Crippen LogP contribution in [0.4, 0.5) is 0 Å². The molecule has 5 heteroatoms. The minimum Gasteiger partial charge on any atom is -0.388 e. The predicted octanol–water partition coefficient (Wildman–Crippen LogP) is 2.64. The summed E-state index contributed by atoms with van der Waals surface area (Å²) >= 11 is 1.60. The van der Waals surface area contributed by atoms with Crippen molar-refractivity contribution in [1.29, 1.82) is 5.41 Å². The Hall–Kier alpha value is -1.88. The van der Waals surface area contributed by atoms with Gasteiger partial charge in [-0.1, -0.05) is 42.1 Å². The third kappa shape index (κ3) is 3.56. The number of hydrogen-bond donors (Lipinski definition) is 2. The van der Waals surface area contributed by atoms with E-state index in [4.69, 9.17) is 11.1 Å². The van der Waals surface area contributed by atoms with E-state index in [9.17, 15) is 0 Å². The highest BCUT2D eigenvalue weighted by atomic mass is 32.2. The standard InChI is InChI=1S/C13H14N4S/c14-12(15)8-11(10-4-2-1-3-5-10)18-13-6-7-16-9-17-13/h1-7,9,11H,8H2,(H3,14,15). The van der Waals surface area contributed by atoms with Crippen molar-refractivity contribution in [2.45, 2.75) is 16.7 Å². The van der Waals surface area contributed by atoms with Crippen LogP contribution in [0.15, 0.2) is 53.9 Å². The molecule has 0 amide bonds. The molecule has 0 saturated heterocycles. The summed E-state index contributed by atoms with van der Waals surface area (Å²) in [6.45, 7) is 0. The Balaban J connectivity index is 2.18. The van der Waals surface area contributed by atoms with Crippen molar-refractivity contribution in [2.24, 2.45) is 5.73 Å². The molecule has 0 bridgehead atoms. The molecule has 92 valence electrons. The molecule has 0 fully saturated rings. The maximum absolute atomic E-state index is 7.47. The van der Waals surface area contributed by atoms with Crippen molar-refractivity contribution in [3.8, 4) is 0 Å². The lowest BCUT2D eigenvalue weighted by Crippen LogP contribution is -2.13. The molecule has 0 radical (unpaired) electrons. The van der Waals surface area contributed by atoms with Crippen LogP contribution in [0.25, 0.3) is 0 Å². The smallest absolute Gasteiger partial charge is 0.116 e. The molecule has 0 aliphatic carbocycles. The van der Waals surface area contributed by atoms with E-state index < -0.39 is 0 Å². The summed E-state index contributed by atoms with van der Waals surface area (Å²) in [6, 6.07) is 11.9. The third-order valence-corrected chi connectivity index (χ3v) is 3.60. The Bertz CT molecular complexity index is 501. The van der Waals surface area contributed by atoms with Gasteiger partial charge in [0.2, 0.25) is 0 Å². The van der Waals surface area contributed by atoms with Crippen LogP contribution in [-0.2, 0) is 0 Å². The second-order valence-electron chi connectivity index (χ2n) is 3.79. The fourth-order valence-corrected chi connectivity index (χ4v) is 2.68. The number of benzene rings is 1. The average molecular weight is 258 g/mol. The Morgan fingerprint density at radius 1 is 1.28 bits per heavy atom. The van der Waals surface area contributed by atoms with E-state index in [0.29, 0.717) is 6.42 Å². The molecule has 0 saturated carbocycles. The highest BCUT2D eigenvalue weighted by Gasteiger charge is 2.14. The summed E-state index contributed by atoms with van der Waals surface area (Å²) in [5, 5.41) is 8.47. The largest absolute Gasteiger partial charge is 0.388 e. The SMILES string of the molecule is N=C(N)CC(Sc1ccncn1)c1ccccc1. The summed E-state index contributed by atoms with van der Waals surface area (Å²) < 4.78 is 0. The minimum absolute atomic E-state index is 0.110. The van der Waals surface area contributed by atoms with Gasteiger partial charge in [-0.2, -0.15) is 0 Å². The van der Waals surface area contributed by atoms with Crippen LogP contribution in [0, 0.1) is 5.41 Å². The van der Waals surface area contributed by atoms with Crippen LogP contribution in [0.5, 0.6) is 0 Å². The zero-order chi connectivity index (χ0) is 12.8. The van der Waals surface area contributed by atoms with Crippen LogP contribution in [0.1, 0.15) is 17.2 Å². The van der Waals surface area contributed by atoms with E-state index >= 15 is 0 Å². The monoisotopic (exact) mass is 258 g/mol. The Labute approximate surface area is 110 Å². The lowest BCUT2D eigenvalue weighted by Gasteiger charge is -2.15. The van der Waals surface area contributed by atoms with Crippen molar-refractivity contribution in [3.63, 3.8) is 0 Å². The number of rotatable bonds is 5. The fourth-order valence-electron chi connectivity index (χ4n) is 1.59. The third-order valence-electron chi connectivity index (χ3n) is 2.39. The highest BCUT2D eigenvalue weighted by molar-refractivity contribution is 7.99. The van der Waals surface area contributed by atoms with Gasteiger partial charge >= 0.3 is 0 Å². The minimum atomic E-state index is 0.110. The van der Waals surface area contributed by atoms with Gasteiger partial charge in [0, 0.05) is 17.9 Å². The number of hydrogen-bond acceptors (Lipinski definition) is 4. The number of amidine groups is 1. The van der Waals surface area contributed by atoms with Gasteiger partial charge in [0.25, 0.3) is 0 Å². The summed E-state index contributed by atoms with van der Waals surface area (Å²) in [7, 11) is 0. The summed E-state index contributed by atoms with van der Waals surface area (Å²) in [5.41, 5.74) is 6.67. The fraction of sp³-hybridized carbons (Fsp3) is 0.154. The number of nitrogens with two attached hydrogens (primary N) is 1. The molecule has 1 aromatic heterocycles. The zero-order valence-electron chi connectivity index (χ0n) is 9.78. The maximum atomic E-state index is 7.47. The maximum Gasteiger partial charge on any atom is 0.116 e. The van der Waals surface area contributed by atoms with Crippen LogP contribution in [0.3, 0.4) is 0 Å². The molecule has 1 heterocycles. The molecular weight excluding hydrogens is 244 g/mol. The molecule has 1 unspecified atom stereocenters. The Kier molecular flexibility index (Phi) is 4.30. The van der Waals surface area contributed by atoms with Gasteiger partial charge in [-0.3, -0.25) is 5.41 Å². The van der Waals surface area contributed by atoms with Gasteiger partial charge in [0.1, 0.15) is 6.33 Å². The molecule has 1 aromatic carbocycles. The second-order valence-corrected chi connectivity index (χ2v) is 5.02. The van der Waals surface area contributed by atoms with Crippen LogP contribution >= 0.6 is 11.8 Å². The van der Waals surface area contributed by atoms with E-state index in [1.54, 1.807) is 18.0 Å². The van der Waals surface area contributed by atoms with E-state index in [-0.39, 0.29) is 11.1 Å². The first-order valence-corrected chi connectivity index (χ1v) is 6.44. The predicted molar refractivity (Wildman–Crippen MR) is 73.6 cm³/mol. The molecule has 0 aliphatic rings. The van der Waals surface area contributed by atoms with Crippen molar-refractivity contribution in [3.05, 3.63) is 54.5 Å². The highest BCUT2D eigenvalue weighted by Crippen LogP contribution is 2.36. The summed E-state index contributed by atoms with van der Waals surface area (Å²) in [6.07, 6.45) is 3.75. The van der Waals surface area contributed by atoms with Gasteiger partial charge in [-0.05, 0) is 11.6 Å². The van der Waals surface area contributed by atoms with Crippen LogP contribution in [-0.4, -0.2) is 15.8 Å². The second kappa shape index (κ2) is 6.16. The van der Waals surface area contributed by atoms with Crippen molar-refractivity contribution < 1.29 is 0 Å². The van der Waals surface area contributed by atoms with E-state index in [0.717, 1.165) is 10.6 Å². The first-order chi connectivity index (χ1) is 8.75. The lowest BCUT2D eigenvalue weighted by molar-refractivity contribution is 0.967. The Morgan fingerprint density at radius 3 is 2.67 bits per heavy atom. The molecule has 2 aromatic rings. The first kappa shape index (κ1) is 12.6. The van der Waals surface area contributed by atoms with Gasteiger partial charge in [0.15, 0.2) is 0 Å². The molecule has 3 N–H and O–H groups in total. The average Bonchev–Trinajstić information content (AvgIpc) is 2.40. The zero-order valence-corrected chi connectivity index (χ0v) is 10.6. The number of nitrogens with zero attached hydrogens (tertiary/aromatic N) is 2. The first-order valence-electron chi connectivity index (χ1n) is 5.56. The Morgan fingerprint density at radius 2 is 2.06 bits per heavy atom. The molecule has 0 aliphatic heterocycles. The summed E-state index contributed by atoms with van der Waals surface area (Å²) in [4.78, 5) is 8.09. The molecule has 4 nitrogen and oxygen atoms in total. The number of nitrogens with one attached hydrogen (secondary N) is 1.